The molecule has 2 aromatic carbocycles. The molecule has 1 unspecified atom stereocenters. The summed E-state index contributed by atoms with van der Waals surface area (Å²) in [4.78, 5) is 26.4. The predicted molar refractivity (Wildman–Crippen MR) is 114 cm³/mol. The molecule has 4 rings (SSSR count). The lowest BCUT2D eigenvalue weighted by molar-refractivity contribution is 0.0323. The fraction of sp³-hybridized carbons (Fsp3) is 0.136. The number of hydrogen-bond acceptors (Lipinski definition) is 5. The summed E-state index contributed by atoms with van der Waals surface area (Å²) in [7, 11) is 0. The predicted octanol–water partition coefficient (Wildman–Crippen LogP) is 5.48. The van der Waals surface area contributed by atoms with Crippen LogP contribution in [0.15, 0.2) is 60.7 Å². The zero-order valence-electron chi connectivity index (χ0n) is 15.8. The van der Waals surface area contributed by atoms with Crippen molar-refractivity contribution in [3.63, 3.8) is 0 Å². The van der Waals surface area contributed by atoms with Gasteiger partial charge in [0.1, 0.15) is 9.71 Å². The number of halogens is 1. The lowest BCUT2D eigenvalue weighted by Crippen LogP contribution is -2.24. The molecule has 2 heterocycles. The molecule has 4 aromatic rings. The number of aromatic nitrogens is 2. The number of fused-ring (bicyclic) bond motifs is 1. The van der Waals surface area contributed by atoms with Crippen molar-refractivity contribution >= 4 is 44.9 Å². The van der Waals surface area contributed by atoms with Crippen LogP contribution in [0.25, 0.3) is 15.9 Å². The molecule has 0 N–H and O–H groups in total. The maximum Gasteiger partial charge on any atom is 0.349 e. The van der Waals surface area contributed by atoms with E-state index in [1.807, 2.05) is 25.1 Å². The van der Waals surface area contributed by atoms with Crippen LogP contribution >= 0.6 is 22.9 Å². The Labute approximate surface area is 176 Å². The van der Waals surface area contributed by atoms with E-state index in [2.05, 4.69) is 5.10 Å². The first-order chi connectivity index (χ1) is 13.9. The van der Waals surface area contributed by atoms with E-state index in [1.165, 1.54) is 11.3 Å². The summed E-state index contributed by atoms with van der Waals surface area (Å²) >= 11 is 7.25. The molecule has 0 radical (unpaired) electrons. The average molecular weight is 425 g/mol. The third kappa shape index (κ3) is 3.81. The quantitative estimate of drug-likeness (QED) is 0.314. The Morgan fingerprint density at radius 2 is 1.79 bits per heavy atom. The molecule has 2 aromatic heterocycles. The highest BCUT2D eigenvalue weighted by Crippen LogP contribution is 2.31. The number of benzene rings is 2. The molecule has 5 nitrogen and oxygen atoms in total. The van der Waals surface area contributed by atoms with Crippen molar-refractivity contribution in [3.8, 4) is 5.69 Å². The molecule has 1 atom stereocenters. The summed E-state index contributed by atoms with van der Waals surface area (Å²) in [6.45, 7) is 3.47. The summed E-state index contributed by atoms with van der Waals surface area (Å²) in [6, 6.07) is 17.9. The minimum Gasteiger partial charge on any atom is -0.450 e. The zero-order chi connectivity index (χ0) is 20.5. The van der Waals surface area contributed by atoms with Crippen molar-refractivity contribution in [2.75, 3.05) is 0 Å². The van der Waals surface area contributed by atoms with Crippen molar-refractivity contribution in [1.82, 2.24) is 9.78 Å². The molecule has 0 fully saturated rings. The second kappa shape index (κ2) is 7.81. The van der Waals surface area contributed by atoms with E-state index < -0.39 is 12.1 Å². The van der Waals surface area contributed by atoms with Crippen molar-refractivity contribution in [2.45, 2.75) is 20.0 Å². The molecular weight excluding hydrogens is 408 g/mol. The van der Waals surface area contributed by atoms with E-state index in [4.69, 9.17) is 16.3 Å². The number of thiophene rings is 1. The summed E-state index contributed by atoms with van der Waals surface area (Å²) in [5.74, 6) is -0.756. The van der Waals surface area contributed by atoms with Crippen LogP contribution in [0.4, 0.5) is 0 Å². The Morgan fingerprint density at radius 1 is 1.10 bits per heavy atom. The zero-order valence-corrected chi connectivity index (χ0v) is 17.3. The number of rotatable bonds is 5. The van der Waals surface area contributed by atoms with Gasteiger partial charge in [0.2, 0.25) is 5.78 Å². The van der Waals surface area contributed by atoms with Crippen LogP contribution in [0, 0.1) is 6.92 Å². The molecule has 0 aliphatic heterocycles. The third-order valence-electron chi connectivity index (χ3n) is 4.53. The number of hydrogen-bond donors (Lipinski definition) is 0. The molecule has 0 aliphatic carbocycles. The number of nitrogens with zero attached hydrogens (tertiary/aromatic N) is 2. The number of ketones is 1. The fourth-order valence-corrected chi connectivity index (χ4v) is 4.21. The van der Waals surface area contributed by atoms with E-state index in [-0.39, 0.29) is 5.78 Å². The molecule has 0 aliphatic rings. The van der Waals surface area contributed by atoms with Gasteiger partial charge in [-0.3, -0.25) is 4.79 Å². The summed E-state index contributed by atoms with van der Waals surface area (Å²) < 4.78 is 7.21. The number of aryl methyl sites for hydroxylation is 1. The Hall–Kier alpha value is -2.96. The smallest absolute Gasteiger partial charge is 0.349 e. The molecule has 7 heteroatoms. The first-order valence-corrected chi connectivity index (χ1v) is 10.2. The minimum atomic E-state index is -0.871. The van der Waals surface area contributed by atoms with Crippen LogP contribution in [0.5, 0.6) is 0 Å². The lowest BCUT2D eigenvalue weighted by Gasteiger charge is -2.11. The van der Waals surface area contributed by atoms with Gasteiger partial charge in [0.15, 0.2) is 6.10 Å². The van der Waals surface area contributed by atoms with E-state index in [0.717, 1.165) is 21.6 Å². The van der Waals surface area contributed by atoms with Crippen molar-refractivity contribution in [2.24, 2.45) is 0 Å². The van der Waals surface area contributed by atoms with E-state index in [0.29, 0.717) is 15.5 Å². The van der Waals surface area contributed by atoms with E-state index in [9.17, 15) is 9.59 Å². The van der Waals surface area contributed by atoms with Crippen LogP contribution in [-0.2, 0) is 4.74 Å². The standard InChI is InChI=1S/C22H17ClN2O3S/c1-13-18-12-19(22(27)28-14(2)20(26)15-6-4-3-5-7-15)29-21(18)25(24-13)17-10-8-16(23)9-11-17/h3-12,14H,1-2H3. The van der Waals surface area contributed by atoms with Gasteiger partial charge < -0.3 is 4.74 Å². The first kappa shape index (κ1) is 19.4. The van der Waals surface area contributed by atoms with Crippen LogP contribution < -0.4 is 0 Å². The minimum absolute atomic E-state index is 0.233. The van der Waals surface area contributed by atoms with Crippen molar-refractivity contribution < 1.29 is 14.3 Å². The number of ether oxygens (including phenoxy) is 1. The number of Topliss-reactive ketones (excluding diaryl/α,β-unsaturated/α-hetero) is 1. The van der Waals surface area contributed by atoms with Gasteiger partial charge in [-0.1, -0.05) is 41.9 Å². The van der Waals surface area contributed by atoms with Crippen LogP contribution in [0.1, 0.15) is 32.6 Å². The summed E-state index contributed by atoms with van der Waals surface area (Å²) in [5, 5.41) is 6.07. The fourth-order valence-electron chi connectivity index (χ4n) is 3.01. The molecule has 29 heavy (non-hydrogen) atoms. The number of esters is 1. The number of carbonyl (C=O) groups is 2. The highest BCUT2D eigenvalue weighted by atomic mass is 35.5. The van der Waals surface area contributed by atoms with Crippen LogP contribution in [0.3, 0.4) is 0 Å². The van der Waals surface area contributed by atoms with Gasteiger partial charge in [0, 0.05) is 16.0 Å². The monoisotopic (exact) mass is 424 g/mol. The van der Waals surface area contributed by atoms with Gasteiger partial charge in [0.25, 0.3) is 0 Å². The van der Waals surface area contributed by atoms with Crippen LogP contribution in [0.2, 0.25) is 5.02 Å². The molecule has 0 bridgehead atoms. The first-order valence-electron chi connectivity index (χ1n) is 8.99. The highest BCUT2D eigenvalue weighted by Gasteiger charge is 2.23. The van der Waals surface area contributed by atoms with Crippen molar-refractivity contribution in [1.29, 1.82) is 0 Å². The Balaban J connectivity index is 1.59. The second-order valence-electron chi connectivity index (χ2n) is 6.58. The summed E-state index contributed by atoms with van der Waals surface area (Å²) in [6.07, 6.45) is -0.871. The Bertz CT molecular complexity index is 1200. The molecule has 0 saturated carbocycles. The normalized spacial score (nSPS) is 12.1. The molecule has 0 amide bonds. The second-order valence-corrected chi connectivity index (χ2v) is 8.05. The lowest BCUT2D eigenvalue weighted by atomic mass is 10.1. The Morgan fingerprint density at radius 3 is 2.48 bits per heavy atom. The van der Waals surface area contributed by atoms with Gasteiger partial charge in [0.05, 0.1) is 11.4 Å². The van der Waals surface area contributed by atoms with Gasteiger partial charge in [-0.25, -0.2) is 9.48 Å². The van der Waals surface area contributed by atoms with Gasteiger partial charge in [-0.05, 0) is 44.2 Å². The van der Waals surface area contributed by atoms with Gasteiger partial charge in [-0.15, -0.1) is 11.3 Å². The molecule has 0 spiro atoms. The van der Waals surface area contributed by atoms with Gasteiger partial charge >= 0.3 is 5.97 Å². The third-order valence-corrected chi connectivity index (χ3v) is 5.87. The Kier molecular flexibility index (Phi) is 5.22. The molecule has 146 valence electrons. The SMILES string of the molecule is Cc1nn(-c2ccc(Cl)cc2)c2sc(C(=O)OC(C)C(=O)c3ccccc3)cc12. The topological polar surface area (TPSA) is 61.2 Å². The highest BCUT2D eigenvalue weighted by molar-refractivity contribution is 7.20. The largest absolute Gasteiger partial charge is 0.450 e. The maximum atomic E-state index is 12.7. The molecule has 0 saturated heterocycles. The van der Waals surface area contributed by atoms with E-state index in [1.54, 1.807) is 54.1 Å². The van der Waals surface area contributed by atoms with Gasteiger partial charge in [-0.2, -0.15) is 5.10 Å². The van der Waals surface area contributed by atoms with Crippen LogP contribution in [-0.4, -0.2) is 27.6 Å². The summed E-state index contributed by atoms with van der Waals surface area (Å²) in [5.41, 5.74) is 2.17. The van der Waals surface area contributed by atoms with Crippen molar-refractivity contribution in [3.05, 3.63) is 81.8 Å². The molecular formula is C22H17ClN2O3S. The maximum absolute atomic E-state index is 12.7. The van der Waals surface area contributed by atoms with E-state index >= 15 is 0 Å². The average Bonchev–Trinajstić information content (AvgIpc) is 3.29. The number of carbonyl (C=O) groups excluding carboxylic acids is 2.